The minimum Gasteiger partial charge on any atom is -0.451 e. The Hall–Kier alpha value is -1.78. The van der Waals surface area contributed by atoms with Crippen molar-refractivity contribution in [1.29, 1.82) is 0 Å². The Bertz CT molecular complexity index is 652. The van der Waals surface area contributed by atoms with Gasteiger partial charge in [0.15, 0.2) is 5.76 Å². The Kier molecular flexibility index (Phi) is 3.99. The number of benzene rings is 1. The summed E-state index contributed by atoms with van der Waals surface area (Å²) in [5.74, 6) is 0.827. The number of furan rings is 1. The molecular weight excluding hydrogens is 290 g/mol. The molecule has 1 aromatic carbocycles. The second-order valence-corrected chi connectivity index (χ2v) is 5.48. The zero-order valence-corrected chi connectivity index (χ0v) is 12.5. The molecule has 1 atom stereocenters. The van der Waals surface area contributed by atoms with Crippen molar-refractivity contribution < 1.29 is 13.9 Å². The van der Waals surface area contributed by atoms with Crippen molar-refractivity contribution in [2.75, 3.05) is 19.7 Å². The van der Waals surface area contributed by atoms with Crippen LogP contribution in [0, 0.1) is 0 Å². The van der Waals surface area contributed by atoms with E-state index in [1.807, 2.05) is 25.1 Å². The largest absolute Gasteiger partial charge is 0.451 e. The van der Waals surface area contributed by atoms with Gasteiger partial charge in [0, 0.05) is 18.7 Å². The van der Waals surface area contributed by atoms with E-state index in [-0.39, 0.29) is 12.0 Å². The van der Waals surface area contributed by atoms with Crippen molar-refractivity contribution in [2.24, 2.45) is 0 Å². The maximum absolute atomic E-state index is 12.4. The molecular formula is C16H16ClNO3. The van der Waals surface area contributed by atoms with E-state index < -0.39 is 0 Å². The number of morpholine rings is 1. The molecule has 2 aromatic rings. The van der Waals surface area contributed by atoms with Gasteiger partial charge >= 0.3 is 0 Å². The van der Waals surface area contributed by atoms with Gasteiger partial charge in [-0.3, -0.25) is 4.79 Å². The standard InChI is InChI=1S/C16H16ClNO3/c1-11-10-18(8-9-20-11)16(19)15-7-6-14(21-15)12-4-2-3-5-13(12)17/h2-7,11H,8-10H2,1H3/t11-/m0/s1. The van der Waals surface area contributed by atoms with Crippen molar-refractivity contribution in [3.8, 4) is 11.3 Å². The summed E-state index contributed by atoms with van der Waals surface area (Å²) >= 11 is 6.14. The summed E-state index contributed by atoms with van der Waals surface area (Å²) in [5, 5.41) is 0.603. The van der Waals surface area contributed by atoms with Gasteiger partial charge in [0.25, 0.3) is 5.91 Å². The molecule has 0 bridgehead atoms. The fraction of sp³-hybridized carbons (Fsp3) is 0.312. The molecule has 1 aliphatic rings. The molecule has 1 amide bonds. The van der Waals surface area contributed by atoms with Crippen molar-refractivity contribution in [3.63, 3.8) is 0 Å². The molecule has 0 unspecified atom stereocenters. The summed E-state index contributed by atoms with van der Waals surface area (Å²) in [6, 6.07) is 10.9. The van der Waals surface area contributed by atoms with Crippen LogP contribution in [0.4, 0.5) is 0 Å². The van der Waals surface area contributed by atoms with E-state index in [9.17, 15) is 4.79 Å². The Morgan fingerprint density at radius 3 is 2.86 bits per heavy atom. The predicted octanol–water partition coefficient (Wildman–Crippen LogP) is 3.46. The summed E-state index contributed by atoms with van der Waals surface area (Å²) in [5.41, 5.74) is 0.786. The van der Waals surface area contributed by atoms with Crippen molar-refractivity contribution in [2.45, 2.75) is 13.0 Å². The molecule has 3 rings (SSSR count). The lowest BCUT2D eigenvalue weighted by Gasteiger charge is -2.30. The van der Waals surface area contributed by atoms with Crippen LogP contribution >= 0.6 is 11.6 Å². The monoisotopic (exact) mass is 305 g/mol. The maximum atomic E-state index is 12.4. The lowest BCUT2D eigenvalue weighted by molar-refractivity contribution is -0.0134. The van der Waals surface area contributed by atoms with Crippen molar-refractivity contribution in [1.82, 2.24) is 4.90 Å². The van der Waals surface area contributed by atoms with E-state index in [1.54, 1.807) is 23.1 Å². The Labute approximate surface area is 128 Å². The summed E-state index contributed by atoms with van der Waals surface area (Å²) in [7, 11) is 0. The first-order chi connectivity index (χ1) is 10.1. The molecule has 4 nitrogen and oxygen atoms in total. The summed E-state index contributed by atoms with van der Waals surface area (Å²) in [4.78, 5) is 14.2. The molecule has 0 aliphatic carbocycles. The van der Waals surface area contributed by atoms with Crippen LogP contribution in [0.25, 0.3) is 11.3 Å². The number of carbonyl (C=O) groups is 1. The summed E-state index contributed by atoms with van der Waals surface area (Å²) < 4.78 is 11.1. The molecule has 0 spiro atoms. The first-order valence-electron chi connectivity index (χ1n) is 6.91. The quantitative estimate of drug-likeness (QED) is 0.853. The average Bonchev–Trinajstić information content (AvgIpc) is 2.96. The van der Waals surface area contributed by atoms with E-state index >= 15 is 0 Å². The second kappa shape index (κ2) is 5.92. The summed E-state index contributed by atoms with van der Waals surface area (Å²) in [6.45, 7) is 3.69. The highest BCUT2D eigenvalue weighted by Crippen LogP contribution is 2.29. The Morgan fingerprint density at radius 2 is 2.10 bits per heavy atom. The molecule has 0 N–H and O–H groups in total. The zero-order valence-electron chi connectivity index (χ0n) is 11.7. The van der Waals surface area contributed by atoms with Crippen LogP contribution < -0.4 is 0 Å². The fourth-order valence-corrected chi connectivity index (χ4v) is 2.65. The van der Waals surface area contributed by atoms with Crippen LogP contribution in [-0.2, 0) is 4.74 Å². The molecule has 1 saturated heterocycles. The van der Waals surface area contributed by atoms with Gasteiger partial charge in [0.05, 0.1) is 17.7 Å². The molecule has 2 heterocycles. The first kappa shape index (κ1) is 14.2. The third-order valence-corrected chi connectivity index (χ3v) is 3.81. The van der Waals surface area contributed by atoms with Crippen LogP contribution in [0.1, 0.15) is 17.5 Å². The number of ether oxygens (including phenoxy) is 1. The smallest absolute Gasteiger partial charge is 0.289 e. The molecule has 0 saturated carbocycles. The van der Waals surface area contributed by atoms with E-state index in [0.29, 0.717) is 36.2 Å². The Balaban J connectivity index is 1.82. The van der Waals surface area contributed by atoms with E-state index in [0.717, 1.165) is 5.56 Å². The van der Waals surface area contributed by atoms with Gasteiger partial charge in [-0.15, -0.1) is 0 Å². The fourth-order valence-electron chi connectivity index (χ4n) is 2.42. The number of hydrogen-bond acceptors (Lipinski definition) is 3. The van der Waals surface area contributed by atoms with Crippen LogP contribution in [-0.4, -0.2) is 36.6 Å². The minimum atomic E-state index is -0.108. The van der Waals surface area contributed by atoms with Gasteiger partial charge in [-0.25, -0.2) is 0 Å². The maximum Gasteiger partial charge on any atom is 0.289 e. The van der Waals surface area contributed by atoms with Crippen LogP contribution in [0.3, 0.4) is 0 Å². The number of amides is 1. The van der Waals surface area contributed by atoms with Crippen LogP contribution in [0.15, 0.2) is 40.8 Å². The molecule has 5 heteroatoms. The lowest BCUT2D eigenvalue weighted by Crippen LogP contribution is -2.44. The Morgan fingerprint density at radius 1 is 1.29 bits per heavy atom. The van der Waals surface area contributed by atoms with Gasteiger partial charge in [-0.1, -0.05) is 23.7 Å². The lowest BCUT2D eigenvalue weighted by atomic mass is 10.2. The highest BCUT2D eigenvalue weighted by molar-refractivity contribution is 6.33. The second-order valence-electron chi connectivity index (χ2n) is 5.08. The zero-order chi connectivity index (χ0) is 14.8. The van der Waals surface area contributed by atoms with Gasteiger partial charge in [0.2, 0.25) is 0 Å². The van der Waals surface area contributed by atoms with Crippen LogP contribution in [0.2, 0.25) is 5.02 Å². The number of nitrogens with zero attached hydrogens (tertiary/aromatic N) is 1. The van der Waals surface area contributed by atoms with Gasteiger partial charge in [-0.2, -0.15) is 0 Å². The first-order valence-corrected chi connectivity index (χ1v) is 7.28. The number of carbonyl (C=O) groups excluding carboxylic acids is 1. The molecule has 21 heavy (non-hydrogen) atoms. The molecule has 1 aliphatic heterocycles. The van der Waals surface area contributed by atoms with Gasteiger partial charge in [-0.05, 0) is 31.2 Å². The van der Waals surface area contributed by atoms with Crippen molar-refractivity contribution >= 4 is 17.5 Å². The van der Waals surface area contributed by atoms with Gasteiger partial charge in [0.1, 0.15) is 5.76 Å². The van der Waals surface area contributed by atoms with E-state index in [1.165, 1.54) is 0 Å². The van der Waals surface area contributed by atoms with E-state index in [2.05, 4.69) is 0 Å². The molecule has 1 fully saturated rings. The normalized spacial score (nSPS) is 18.8. The highest BCUT2D eigenvalue weighted by Gasteiger charge is 2.25. The number of hydrogen-bond donors (Lipinski definition) is 0. The molecule has 110 valence electrons. The van der Waals surface area contributed by atoms with Gasteiger partial charge < -0.3 is 14.1 Å². The third-order valence-electron chi connectivity index (χ3n) is 3.48. The minimum absolute atomic E-state index is 0.0562. The predicted molar refractivity (Wildman–Crippen MR) is 80.5 cm³/mol. The number of halogens is 1. The number of rotatable bonds is 2. The average molecular weight is 306 g/mol. The topological polar surface area (TPSA) is 42.7 Å². The highest BCUT2D eigenvalue weighted by atomic mass is 35.5. The van der Waals surface area contributed by atoms with Crippen molar-refractivity contribution in [3.05, 3.63) is 47.2 Å². The third kappa shape index (κ3) is 2.96. The van der Waals surface area contributed by atoms with E-state index in [4.69, 9.17) is 20.8 Å². The van der Waals surface area contributed by atoms with Crippen LogP contribution in [0.5, 0.6) is 0 Å². The summed E-state index contributed by atoms with van der Waals surface area (Å²) in [6.07, 6.45) is 0.0562. The SMILES string of the molecule is C[C@H]1CN(C(=O)c2ccc(-c3ccccc3Cl)o2)CCO1. The molecule has 1 aromatic heterocycles. The molecule has 0 radical (unpaired) electrons.